The number of nitrogens with zero attached hydrogens (tertiary/aromatic N) is 3. The summed E-state index contributed by atoms with van der Waals surface area (Å²) in [5.41, 5.74) is 1.64. The number of carbonyl (C=O) groups is 2. The van der Waals surface area contributed by atoms with E-state index in [1.807, 2.05) is 4.90 Å². The molecule has 9 nitrogen and oxygen atoms in total. The molecule has 1 unspecified atom stereocenters. The normalized spacial score (nSPS) is 15.0. The molecule has 1 atom stereocenters. The van der Waals surface area contributed by atoms with E-state index in [1.165, 1.54) is 12.3 Å². The van der Waals surface area contributed by atoms with Crippen LogP contribution in [0.15, 0.2) is 61.1 Å². The van der Waals surface area contributed by atoms with Crippen LogP contribution < -0.4 is 15.4 Å². The average molecular weight is 515 g/mol. The Hall–Kier alpha value is -4.03. The van der Waals surface area contributed by atoms with E-state index in [-0.39, 0.29) is 11.3 Å². The summed E-state index contributed by atoms with van der Waals surface area (Å²) in [6, 6.07) is 9.61. The zero-order valence-electron chi connectivity index (χ0n) is 19.8. The van der Waals surface area contributed by atoms with Gasteiger partial charge in [0.05, 0.1) is 42.5 Å². The van der Waals surface area contributed by atoms with Crippen molar-refractivity contribution in [3.8, 4) is 17.0 Å². The fourth-order valence-corrected chi connectivity index (χ4v) is 3.71. The third-order valence-corrected chi connectivity index (χ3v) is 5.70. The number of amides is 2. The van der Waals surface area contributed by atoms with Crippen molar-refractivity contribution in [1.29, 1.82) is 0 Å². The van der Waals surface area contributed by atoms with Crippen LogP contribution in [-0.4, -0.2) is 65.4 Å². The van der Waals surface area contributed by atoms with Crippen molar-refractivity contribution in [2.45, 2.75) is 19.3 Å². The lowest BCUT2D eigenvalue weighted by Gasteiger charge is -2.31. The number of halogens is 3. The summed E-state index contributed by atoms with van der Waals surface area (Å²) in [6.07, 6.45) is -0.253. The maximum absolute atomic E-state index is 13.0. The number of anilines is 2. The number of ether oxygens (including phenoxy) is 2. The number of aromatic nitrogens is 2. The fraction of sp³-hybridized carbons (Fsp3) is 0.280. The van der Waals surface area contributed by atoms with E-state index in [9.17, 15) is 22.8 Å². The summed E-state index contributed by atoms with van der Waals surface area (Å²) in [7, 11) is 0. The van der Waals surface area contributed by atoms with E-state index in [4.69, 9.17) is 4.74 Å². The van der Waals surface area contributed by atoms with Crippen LogP contribution >= 0.6 is 0 Å². The Morgan fingerprint density at radius 3 is 2.43 bits per heavy atom. The Bertz CT molecular complexity index is 1230. The molecule has 37 heavy (non-hydrogen) atoms. The molecule has 4 rings (SSSR count). The van der Waals surface area contributed by atoms with E-state index >= 15 is 0 Å². The van der Waals surface area contributed by atoms with Crippen molar-refractivity contribution < 1.29 is 32.2 Å². The van der Waals surface area contributed by atoms with Gasteiger partial charge in [0, 0.05) is 36.6 Å². The number of hydrogen-bond donors (Lipinski definition) is 2. The predicted molar refractivity (Wildman–Crippen MR) is 129 cm³/mol. The van der Waals surface area contributed by atoms with Crippen molar-refractivity contribution in [1.82, 2.24) is 14.9 Å². The van der Waals surface area contributed by atoms with Crippen LogP contribution in [0.5, 0.6) is 5.75 Å². The molecule has 2 aromatic heterocycles. The molecular formula is C25H24F3N5O4. The van der Waals surface area contributed by atoms with Gasteiger partial charge < -0.3 is 20.1 Å². The van der Waals surface area contributed by atoms with Gasteiger partial charge in [-0.1, -0.05) is 0 Å². The van der Waals surface area contributed by atoms with Gasteiger partial charge in [0.2, 0.25) is 5.91 Å². The monoisotopic (exact) mass is 515 g/mol. The number of hydrogen-bond acceptors (Lipinski definition) is 7. The molecule has 2 amide bonds. The van der Waals surface area contributed by atoms with E-state index in [0.29, 0.717) is 37.7 Å². The van der Waals surface area contributed by atoms with Crippen molar-refractivity contribution >= 4 is 23.2 Å². The number of carbonyl (C=O) groups excluding carboxylic acids is 2. The molecule has 1 fully saturated rings. The number of pyridine rings is 2. The van der Waals surface area contributed by atoms with Gasteiger partial charge in [-0.25, -0.2) is 0 Å². The standard InChI is InChI=1S/C25H24F3N5O4/c1-16(33-10-12-36-13-11-33)23(34)32-21-14-18(2-5-22(21)37-25(26,27)28)24(35)31-19-3-4-20(30-15-19)17-6-8-29-9-7-17/h2-9,14-16H,10-13H2,1H3,(H,31,35)(H,32,34). The van der Waals surface area contributed by atoms with Crippen LogP contribution in [0.4, 0.5) is 24.5 Å². The molecule has 0 aliphatic carbocycles. The lowest BCUT2D eigenvalue weighted by atomic mass is 10.1. The molecule has 194 valence electrons. The molecular weight excluding hydrogens is 491 g/mol. The zero-order valence-corrected chi connectivity index (χ0v) is 19.8. The van der Waals surface area contributed by atoms with E-state index in [0.717, 1.165) is 17.7 Å². The first-order valence-electron chi connectivity index (χ1n) is 11.4. The Kier molecular flexibility index (Phi) is 7.99. The van der Waals surface area contributed by atoms with Gasteiger partial charge in [-0.2, -0.15) is 0 Å². The Balaban J connectivity index is 1.51. The Morgan fingerprint density at radius 1 is 1.05 bits per heavy atom. The largest absolute Gasteiger partial charge is 0.573 e. The maximum atomic E-state index is 13.0. The van der Waals surface area contributed by atoms with Crippen molar-refractivity contribution in [3.05, 3.63) is 66.6 Å². The smallest absolute Gasteiger partial charge is 0.404 e. The van der Waals surface area contributed by atoms with Crippen LogP contribution in [0.1, 0.15) is 17.3 Å². The van der Waals surface area contributed by atoms with Crippen LogP contribution in [0, 0.1) is 0 Å². The van der Waals surface area contributed by atoms with Gasteiger partial charge in [0.1, 0.15) is 0 Å². The fourth-order valence-electron chi connectivity index (χ4n) is 3.71. The maximum Gasteiger partial charge on any atom is 0.573 e. The molecule has 1 aliphatic heterocycles. The number of benzene rings is 1. The molecule has 1 saturated heterocycles. The highest BCUT2D eigenvalue weighted by molar-refractivity contribution is 6.06. The number of rotatable bonds is 7. The first-order valence-corrected chi connectivity index (χ1v) is 11.4. The SMILES string of the molecule is CC(C(=O)Nc1cc(C(=O)Nc2ccc(-c3ccncc3)nc2)ccc1OC(F)(F)F)N1CCOCC1. The minimum atomic E-state index is -4.98. The molecule has 12 heteroatoms. The summed E-state index contributed by atoms with van der Waals surface area (Å²) < 4.78 is 48.2. The van der Waals surface area contributed by atoms with Gasteiger partial charge in [0.15, 0.2) is 5.75 Å². The molecule has 0 saturated carbocycles. The second-order valence-electron chi connectivity index (χ2n) is 8.19. The van der Waals surface area contributed by atoms with E-state index in [2.05, 4.69) is 25.3 Å². The van der Waals surface area contributed by atoms with Crippen molar-refractivity contribution in [2.24, 2.45) is 0 Å². The Labute approximate surface area is 210 Å². The highest BCUT2D eigenvalue weighted by Gasteiger charge is 2.33. The van der Waals surface area contributed by atoms with Crippen LogP contribution in [-0.2, 0) is 9.53 Å². The van der Waals surface area contributed by atoms with E-state index < -0.39 is 30.0 Å². The second-order valence-corrected chi connectivity index (χ2v) is 8.19. The topological polar surface area (TPSA) is 106 Å². The van der Waals surface area contributed by atoms with Gasteiger partial charge >= 0.3 is 6.36 Å². The lowest BCUT2D eigenvalue weighted by molar-refractivity contribution is -0.274. The molecule has 1 aromatic carbocycles. The first-order chi connectivity index (χ1) is 17.7. The van der Waals surface area contributed by atoms with Crippen LogP contribution in [0.2, 0.25) is 0 Å². The molecule has 0 bridgehead atoms. The lowest BCUT2D eigenvalue weighted by Crippen LogP contribution is -2.47. The predicted octanol–water partition coefficient (Wildman–Crippen LogP) is 3.95. The van der Waals surface area contributed by atoms with Crippen LogP contribution in [0.3, 0.4) is 0 Å². The summed E-state index contributed by atoms with van der Waals surface area (Å²) in [5, 5.41) is 5.12. The highest BCUT2D eigenvalue weighted by Crippen LogP contribution is 2.32. The quantitative estimate of drug-likeness (QED) is 0.491. The third kappa shape index (κ3) is 7.02. The minimum absolute atomic E-state index is 0.0158. The summed E-state index contributed by atoms with van der Waals surface area (Å²) >= 11 is 0. The van der Waals surface area contributed by atoms with Crippen molar-refractivity contribution in [3.63, 3.8) is 0 Å². The van der Waals surface area contributed by atoms with Crippen LogP contribution in [0.25, 0.3) is 11.3 Å². The molecule has 0 spiro atoms. The average Bonchev–Trinajstić information content (AvgIpc) is 2.90. The number of morpholine rings is 1. The summed E-state index contributed by atoms with van der Waals surface area (Å²) in [6.45, 7) is 3.57. The van der Waals surface area contributed by atoms with E-state index in [1.54, 1.807) is 43.6 Å². The van der Waals surface area contributed by atoms with Gasteiger partial charge in [-0.3, -0.25) is 24.5 Å². The highest BCUT2D eigenvalue weighted by atomic mass is 19.4. The van der Waals surface area contributed by atoms with Gasteiger partial charge in [-0.05, 0) is 49.4 Å². The zero-order chi connectivity index (χ0) is 26.4. The molecule has 2 N–H and O–H groups in total. The first kappa shape index (κ1) is 26.0. The second kappa shape index (κ2) is 11.4. The number of alkyl halides is 3. The van der Waals surface area contributed by atoms with Gasteiger partial charge in [0.25, 0.3) is 5.91 Å². The molecule has 1 aliphatic rings. The molecule has 0 radical (unpaired) electrons. The van der Waals surface area contributed by atoms with Gasteiger partial charge in [-0.15, -0.1) is 13.2 Å². The summed E-state index contributed by atoms with van der Waals surface area (Å²) in [4.78, 5) is 35.8. The third-order valence-electron chi connectivity index (χ3n) is 5.70. The number of nitrogens with one attached hydrogen (secondary N) is 2. The van der Waals surface area contributed by atoms with Crippen molar-refractivity contribution in [2.75, 3.05) is 36.9 Å². The summed E-state index contributed by atoms with van der Waals surface area (Å²) in [5.74, 6) is -1.77. The minimum Gasteiger partial charge on any atom is -0.404 e. The Morgan fingerprint density at radius 2 is 1.78 bits per heavy atom. The molecule has 3 heterocycles. The molecule has 3 aromatic rings.